The second-order valence-corrected chi connectivity index (χ2v) is 11.7. The summed E-state index contributed by atoms with van der Waals surface area (Å²) in [4.78, 5) is 24.1. The fourth-order valence-electron chi connectivity index (χ4n) is 1.84. The molecule has 1 aliphatic rings. The summed E-state index contributed by atoms with van der Waals surface area (Å²) < 4.78 is 10.8. The van der Waals surface area contributed by atoms with E-state index in [0.717, 1.165) is 12.8 Å². The monoisotopic (exact) mass is 301 g/mol. The van der Waals surface area contributed by atoms with Crippen LogP contribution in [0.25, 0.3) is 0 Å². The number of rotatable bonds is 6. The first-order valence-electron chi connectivity index (χ1n) is 7.19. The Morgan fingerprint density at radius 1 is 1.35 bits per heavy atom. The van der Waals surface area contributed by atoms with Crippen LogP contribution in [0.5, 0.6) is 0 Å². The van der Waals surface area contributed by atoms with Crippen molar-refractivity contribution in [2.24, 2.45) is 0 Å². The summed E-state index contributed by atoms with van der Waals surface area (Å²) in [6, 6.07) is -0.125. The van der Waals surface area contributed by atoms with E-state index in [1.165, 1.54) is 4.90 Å². The molecule has 6 heteroatoms. The van der Waals surface area contributed by atoms with Crippen molar-refractivity contribution in [3.05, 3.63) is 0 Å². The third-order valence-electron chi connectivity index (χ3n) is 4.26. The Hall–Kier alpha value is -0.883. The average molecular weight is 301 g/mol. The molecular formula is C14H27NO4Si. The Kier molecular flexibility index (Phi) is 5.37. The van der Waals surface area contributed by atoms with E-state index < -0.39 is 14.4 Å². The molecule has 1 atom stereocenters. The fraction of sp³-hybridized carbons (Fsp3) is 0.857. The van der Waals surface area contributed by atoms with Crippen molar-refractivity contribution in [2.45, 2.75) is 64.7 Å². The third-order valence-corrected chi connectivity index (χ3v) is 8.80. The highest BCUT2D eigenvalue weighted by Crippen LogP contribution is 2.36. The van der Waals surface area contributed by atoms with Gasteiger partial charge in [0.1, 0.15) is 0 Å². The van der Waals surface area contributed by atoms with Gasteiger partial charge < -0.3 is 9.16 Å². The maximum Gasteiger partial charge on any atom is 0.417 e. The van der Waals surface area contributed by atoms with Crippen molar-refractivity contribution in [3.63, 3.8) is 0 Å². The lowest BCUT2D eigenvalue weighted by atomic mass is 10.1. The van der Waals surface area contributed by atoms with Crippen LogP contribution in [0.2, 0.25) is 18.1 Å². The van der Waals surface area contributed by atoms with Gasteiger partial charge in [-0.15, -0.1) is 0 Å². The molecule has 0 aromatic carbocycles. The second-order valence-electron chi connectivity index (χ2n) is 6.92. The van der Waals surface area contributed by atoms with E-state index in [1.54, 1.807) is 0 Å². The SMILES string of the molecule is CC(CCCO[Si](C)(C)C(C)(C)C)N1C(=O)COC1=O. The Bertz CT molecular complexity index is 360. The Morgan fingerprint density at radius 3 is 2.40 bits per heavy atom. The Labute approximate surface area is 122 Å². The highest BCUT2D eigenvalue weighted by Gasteiger charge is 2.37. The molecule has 1 unspecified atom stereocenters. The molecule has 0 saturated carbocycles. The molecule has 0 N–H and O–H groups in total. The van der Waals surface area contributed by atoms with Crippen LogP contribution in [-0.4, -0.2) is 44.5 Å². The summed E-state index contributed by atoms with van der Waals surface area (Å²) in [6.07, 6.45) is 1.06. The lowest BCUT2D eigenvalue weighted by Crippen LogP contribution is -2.41. The van der Waals surface area contributed by atoms with Crippen molar-refractivity contribution in [3.8, 4) is 0 Å². The van der Waals surface area contributed by atoms with Crippen LogP contribution in [0.1, 0.15) is 40.5 Å². The molecular weight excluding hydrogens is 274 g/mol. The van der Waals surface area contributed by atoms with Gasteiger partial charge in [-0.3, -0.25) is 4.79 Å². The molecule has 0 bridgehead atoms. The summed E-state index contributed by atoms with van der Waals surface area (Å²) in [5.74, 6) is -0.243. The molecule has 1 aliphatic heterocycles. The zero-order valence-electron chi connectivity index (χ0n) is 13.5. The molecule has 0 radical (unpaired) electrons. The number of carbonyl (C=O) groups is 2. The van der Waals surface area contributed by atoms with E-state index in [-0.39, 0.29) is 23.6 Å². The van der Waals surface area contributed by atoms with E-state index >= 15 is 0 Å². The van der Waals surface area contributed by atoms with Crippen LogP contribution in [0.3, 0.4) is 0 Å². The smallest absolute Gasteiger partial charge is 0.417 e. The summed E-state index contributed by atoms with van der Waals surface area (Å²) in [5, 5.41) is 0.202. The first-order valence-corrected chi connectivity index (χ1v) is 10.1. The quantitative estimate of drug-likeness (QED) is 0.558. The highest BCUT2D eigenvalue weighted by molar-refractivity contribution is 6.74. The van der Waals surface area contributed by atoms with E-state index in [4.69, 9.17) is 9.16 Å². The Balaban J connectivity index is 2.35. The van der Waals surface area contributed by atoms with Crippen LogP contribution >= 0.6 is 0 Å². The summed E-state index contributed by atoms with van der Waals surface area (Å²) in [7, 11) is -1.71. The number of carbonyl (C=O) groups excluding carboxylic acids is 2. The van der Waals surface area contributed by atoms with Gasteiger partial charge in [0.15, 0.2) is 14.9 Å². The van der Waals surface area contributed by atoms with Crippen LogP contribution in [0.15, 0.2) is 0 Å². The molecule has 1 rings (SSSR count). The van der Waals surface area contributed by atoms with Crippen molar-refractivity contribution in [1.29, 1.82) is 0 Å². The number of nitrogens with zero attached hydrogens (tertiary/aromatic N) is 1. The number of hydrogen-bond acceptors (Lipinski definition) is 4. The molecule has 0 aromatic heterocycles. The summed E-state index contributed by atoms with van der Waals surface area (Å²) >= 11 is 0. The molecule has 5 nitrogen and oxygen atoms in total. The van der Waals surface area contributed by atoms with E-state index in [0.29, 0.717) is 6.61 Å². The summed E-state index contributed by atoms with van der Waals surface area (Å²) in [5.41, 5.74) is 0. The van der Waals surface area contributed by atoms with Crippen molar-refractivity contribution < 1.29 is 18.8 Å². The molecule has 1 saturated heterocycles. The van der Waals surface area contributed by atoms with Crippen LogP contribution in [0.4, 0.5) is 4.79 Å². The highest BCUT2D eigenvalue weighted by atomic mass is 28.4. The largest absolute Gasteiger partial charge is 0.439 e. The van der Waals surface area contributed by atoms with Gasteiger partial charge in [0.05, 0.1) is 0 Å². The van der Waals surface area contributed by atoms with Gasteiger partial charge >= 0.3 is 6.09 Å². The average Bonchev–Trinajstić information content (AvgIpc) is 2.63. The van der Waals surface area contributed by atoms with E-state index in [9.17, 15) is 9.59 Å². The number of cyclic esters (lactones) is 1. The third kappa shape index (κ3) is 4.05. The lowest BCUT2D eigenvalue weighted by Gasteiger charge is -2.36. The van der Waals surface area contributed by atoms with Gasteiger partial charge in [-0.05, 0) is 37.9 Å². The molecule has 0 aliphatic carbocycles. The van der Waals surface area contributed by atoms with Gasteiger partial charge in [0.2, 0.25) is 0 Å². The van der Waals surface area contributed by atoms with E-state index in [2.05, 4.69) is 33.9 Å². The van der Waals surface area contributed by atoms with Crippen LogP contribution < -0.4 is 0 Å². The van der Waals surface area contributed by atoms with Gasteiger partial charge in [0, 0.05) is 12.6 Å². The van der Waals surface area contributed by atoms with Gasteiger partial charge in [-0.25, -0.2) is 9.69 Å². The van der Waals surface area contributed by atoms with Gasteiger partial charge in [-0.1, -0.05) is 20.8 Å². The maximum atomic E-state index is 11.5. The van der Waals surface area contributed by atoms with Crippen molar-refractivity contribution in [1.82, 2.24) is 4.90 Å². The molecule has 0 spiro atoms. The fourth-order valence-corrected chi connectivity index (χ4v) is 2.93. The minimum atomic E-state index is -1.71. The summed E-state index contributed by atoms with van der Waals surface area (Å²) in [6.45, 7) is 13.5. The molecule has 1 heterocycles. The number of amides is 2. The Morgan fingerprint density at radius 2 is 1.95 bits per heavy atom. The predicted molar refractivity (Wildman–Crippen MR) is 80.0 cm³/mol. The standard InChI is InChI=1S/C14H27NO4Si/c1-11(15-12(16)10-18-13(15)17)8-7-9-19-20(5,6)14(2,3)4/h11H,7-10H2,1-6H3. The van der Waals surface area contributed by atoms with Crippen molar-refractivity contribution in [2.75, 3.05) is 13.2 Å². The molecule has 0 aromatic rings. The number of ether oxygens (including phenoxy) is 1. The second kappa shape index (κ2) is 6.26. The topological polar surface area (TPSA) is 55.8 Å². The molecule has 1 fully saturated rings. The van der Waals surface area contributed by atoms with Gasteiger partial charge in [-0.2, -0.15) is 0 Å². The van der Waals surface area contributed by atoms with Crippen LogP contribution in [-0.2, 0) is 14.0 Å². The predicted octanol–water partition coefficient (Wildman–Crippen LogP) is 3.16. The van der Waals surface area contributed by atoms with Crippen molar-refractivity contribution >= 4 is 20.3 Å². The first-order chi connectivity index (χ1) is 9.06. The number of imide groups is 1. The molecule has 116 valence electrons. The molecule has 2 amide bonds. The maximum absolute atomic E-state index is 11.5. The normalized spacial score (nSPS) is 18.4. The zero-order chi connectivity index (χ0) is 15.6. The number of hydrogen-bond donors (Lipinski definition) is 0. The minimum absolute atomic E-state index is 0.121. The lowest BCUT2D eigenvalue weighted by molar-refractivity contribution is -0.127. The molecule has 20 heavy (non-hydrogen) atoms. The minimum Gasteiger partial charge on any atom is -0.439 e. The first kappa shape index (κ1) is 17.2. The van der Waals surface area contributed by atoms with Crippen LogP contribution in [0, 0.1) is 0 Å². The van der Waals surface area contributed by atoms with E-state index in [1.807, 2.05) is 6.92 Å². The zero-order valence-corrected chi connectivity index (χ0v) is 14.5. The van der Waals surface area contributed by atoms with Gasteiger partial charge in [0.25, 0.3) is 5.91 Å².